The van der Waals surface area contributed by atoms with Crippen LogP contribution in [0.1, 0.15) is 35.8 Å². The highest BCUT2D eigenvalue weighted by Crippen LogP contribution is 2.26. The van der Waals surface area contributed by atoms with E-state index in [2.05, 4.69) is 10.6 Å². The van der Waals surface area contributed by atoms with Crippen molar-refractivity contribution in [3.05, 3.63) is 63.6 Å². The third-order valence-electron chi connectivity index (χ3n) is 3.76. The summed E-state index contributed by atoms with van der Waals surface area (Å²) in [4.78, 5) is 23.4. The average Bonchev–Trinajstić information content (AvgIpc) is 2.55. The molecule has 7 heteroatoms. The number of halogens is 2. The third-order valence-corrected chi connectivity index (χ3v) is 4.32. The molecule has 2 unspecified atom stereocenters. The Bertz CT molecular complexity index is 778. The smallest absolute Gasteiger partial charge is 0.248 e. The number of carbonyl (C=O) groups is 2. The average molecular weight is 380 g/mol. The summed E-state index contributed by atoms with van der Waals surface area (Å²) in [5.74, 6) is -0.717. The van der Waals surface area contributed by atoms with Crippen LogP contribution in [-0.2, 0) is 4.79 Å². The van der Waals surface area contributed by atoms with E-state index >= 15 is 0 Å². The minimum Gasteiger partial charge on any atom is -0.366 e. The van der Waals surface area contributed by atoms with Crippen molar-refractivity contribution < 1.29 is 9.59 Å². The van der Waals surface area contributed by atoms with Crippen molar-refractivity contribution in [2.24, 2.45) is 5.73 Å². The maximum Gasteiger partial charge on any atom is 0.248 e. The number of carbonyl (C=O) groups excluding carboxylic acids is 2. The maximum atomic E-state index is 12.3. The van der Waals surface area contributed by atoms with Crippen LogP contribution in [0.5, 0.6) is 0 Å². The van der Waals surface area contributed by atoms with Crippen molar-refractivity contribution in [2.45, 2.75) is 25.9 Å². The molecule has 0 saturated heterocycles. The molecule has 2 amide bonds. The second kappa shape index (κ2) is 8.34. The molecule has 2 aromatic rings. The largest absolute Gasteiger partial charge is 0.366 e. The second-order valence-electron chi connectivity index (χ2n) is 5.71. The van der Waals surface area contributed by atoms with Gasteiger partial charge in [0.05, 0.1) is 6.04 Å². The molecule has 0 radical (unpaired) electrons. The first kappa shape index (κ1) is 19.2. The summed E-state index contributed by atoms with van der Waals surface area (Å²) in [6, 6.07) is 11.0. The highest BCUT2D eigenvalue weighted by Gasteiger charge is 2.18. The zero-order valence-corrected chi connectivity index (χ0v) is 15.4. The van der Waals surface area contributed by atoms with Crippen molar-refractivity contribution >= 4 is 40.7 Å². The van der Waals surface area contributed by atoms with Gasteiger partial charge in [0, 0.05) is 27.3 Å². The first-order valence-corrected chi connectivity index (χ1v) is 8.45. The van der Waals surface area contributed by atoms with Crippen LogP contribution < -0.4 is 16.4 Å². The molecule has 0 aliphatic rings. The minimum atomic E-state index is -0.512. The standard InChI is InChI=1S/C18H19Cl2N3O2/c1-10(15-8-5-13(19)9-16(15)20)22-11(2)18(25)23-14-6-3-12(4-7-14)17(21)24/h3-11,22H,1-2H3,(H2,21,24)(H,23,25). The summed E-state index contributed by atoms with van der Waals surface area (Å²) in [5, 5.41) is 7.08. The molecule has 0 aromatic heterocycles. The number of anilines is 1. The summed E-state index contributed by atoms with van der Waals surface area (Å²) in [6.45, 7) is 3.67. The van der Waals surface area contributed by atoms with Gasteiger partial charge in [0.1, 0.15) is 0 Å². The van der Waals surface area contributed by atoms with Crippen LogP contribution in [0.25, 0.3) is 0 Å². The highest BCUT2D eigenvalue weighted by molar-refractivity contribution is 6.35. The first-order chi connectivity index (χ1) is 11.8. The Labute approximate surface area is 156 Å². The van der Waals surface area contributed by atoms with E-state index in [0.717, 1.165) is 5.56 Å². The van der Waals surface area contributed by atoms with Gasteiger partial charge in [-0.15, -0.1) is 0 Å². The van der Waals surface area contributed by atoms with Gasteiger partial charge >= 0.3 is 0 Å². The summed E-state index contributed by atoms with van der Waals surface area (Å²) in [7, 11) is 0. The third kappa shape index (κ3) is 5.19. The summed E-state index contributed by atoms with van der Waals surface area (Å²) in [5.41, 5.74) is 7.02. The summed E-state index contributed by atoms with van der Waals surface area (Å²) < 4.78 is 0. The van der Waals surface area contributed by atoms with E-state index in [1.165, 1.54) is 0 Å². The van der Waals surface area contributed by atoms with Gasteiger partial charge in [0.2, 0.25) is 11.8 Å². The molecule has 0 spiro atoms. The van der Waals surface area contributed by atoms with Gasteiger partial charge in [-0.3, -0.25) is 14.9 Å². The van der Waals surface area contributed by atoms with Crippen LogP contribution in [0.15, 0.2) is 42.5 Å². The molecule has 0 fully saturated rings. The van der Waals surface area contributed by atoms with Crippen molar-refractivity contribution in [3.8, 4) is 0 Å². The molecule has 132 valence electrons. The Morgan fingerprint density at radius 1 is 1.04 bits per heavy atom. The first-order valence-electron chi connectivity index (χ1n) is 7.69. The Kier molecular flexibility index (Phi) is 6.42. The molecule has 25 heavy (non-hydrogen) atoms. The molecular weight excluding hydrogens is 361 g/mol. The van der Waals surface area contributed by atoms with Crippen molar-refractivity contribution in [2.75, 3.05) is 5.32 Å². The number of rotatable bonds is 6. The maximum absolute atomic E-state index is 12.3. The SMILES string of the molecule is CC(NC(C)c1ccc(Cl)cc1Cl)C(=O)Nc1ccc(C(N)=O)cc1. The summed E-state index contributed by atoms with van der Waals surface area (Å²) in [6.07, 6.45) is 0. The predicted molar refractivity (Wildman–Crippen MR) is 101 cm³/mol. The lowest BCUT2D eigenvalue weighted by Crippen LogP contribution is -2.39. The molecule has 5 nitrogen and oxygen atoms in total. The van der Waals surface area contributed by atoms with Crippen LogP contribution in [0.3, 0.4) is 0 Å². The quantitative estimate of drug-likeness (QED) is 0.713. The van der Waals surface area contributed by atoms with Gasteiger partial charge in [0.15, 0.2) is 0 Å². The second-order valence-corrected chi connectivity index (χ2v) is 6.55. The van der Waals surface area contributed by atoms with Gasteiger partial charge in [-0.05, 0) is 55.8 Å². The lowest BCUT2D eigenvalue weighted by molar-refractivity contribution is -0.117. The van der Waals surface area contributed by atoms with E-state index < -0.39 is 11.9 Å². The number of nitrogens with two attached hydrogens (primary N) is 1. The molecule has 2 rings (SSSR count). The van der Waals surface area contributed by atoms with Crippen molar-refractivity contribution in [3.63, 3.8) is 0 Å². The number of amides is 2. The molecular formula is C18H19Cl2N3O2. The van der Waals surface area contributed by atoms with E-state index in [1.807, 2.05) is 13.0 Å². The molecule has 0 bridgehead atoms. The lowest BCUT2D eigenvalue weighted by atomic mass is 10.1. The van der Waals surface area contributed by atoms with Gasteiger partial charge in [-0.1, -0.05) is 29.3 Å². The highest BCUT2D eigenvalue weighted by atomic mass is 35.5. The van der Waals surface area contributed by atoms with Crippen LogP contribution in [-0.4, -0.2) is 17.9 Å². The normalized spacial score (nSPS) is 13.1. The molecule has 0 heterocycles. The fraction of sp³-hybridized carbons (Fsp3) is 0.222. The monoisotopic (exact) mass is 379 g/mol. The van der Waals surface area contributed by atoms with Gasteiger partial charge in [-0.2, -0.15) is 0 Å². The zero-order valence-electron chi connectivity index (χ0n) is 13.8. The van der Waals surface area contributed by atoms with Gasteiger partial charge < -0.3 is 11.1 Å². The van der Waals surface area contributed by atoms with E-state index in [9.17, 15) is 9.59 Å². The van der Waals surface area contributed by atoms with E-state index in [4.69, 9.17) is 28.9 Å². The van der Waals surface area contributed by atoms with Gasteiger partial charge in [0.25, 0.3) is 0 Å². The van der Waals surface area contributed by atoms with Gasteiger partial charge in [-0.25, -0.2) is 0 Å². The van der Waals surface area contributed by atoms with Crippen LogP contribution in [0, 0.1) is 0 Å². The Balaban J connectivity index is 1.98. The van der Waals surface area contributed by atoms with Crippen LogP contribution in [0.4, 0.5) is 5.69 Å². The number of hydrogen-bond acceptors (Lipinski definition) is 3. The van der Waals surface area contributed by atoms with Crippen LogP contribution in [0.2, 0.25) is 10.0 Å². The van der Waals surface area contributed by atoms with Crippen LogP contribution >= 0.6 is 23.2 Å². The van der Waals surface area contributed by atoms with Crippen molar-refractivity contribution in [1.82, 2.24) is 5.32 Å². The molecule has 2 atom stereocenters. The molecule has 2 aromatic carbocycles. The number of benzene rings is 2. The Morgan fingerprint density at radius 2 is 1.68 bits per heavy atom. The van der Waals surface area contributed by atoms with E-state index in [1.54, 1.807) is 43.3 Å². The number of hydrogen-bond donors (Lipinski definition) is 3. The molecule has 0 aliphatic carbocycles. The topological polar surface area (TPSA) is 84.2 Å². The zero-order chi connectivity index (χ0) is 18.6. The van der Waals surface area contributed by atoms with Crippen molar-refractivity contribution in [1.29, 1.82) is 0 Å². The molecule has 0 aliphatic heterocycles. The fourth-order valence-electron chi connectivity index (χ4n) is 2.36. The molecule has 0 saturated carbocycles. The van der Waals surface area contributed by atoms with E-state index in [-0.39, 0.29) is 11.9 Å². The molecule has 4 N–H and O–H groups in total. The fourth-order valence-corrected chi connectivity index (χ4v) is 2.93. The number of nitrogens with one attached hydrogen (secondary N) is 2. The van der Waals surface area contributed by atoms with E-state index in [0.29, 0.717) is 21.3 Å². The minimum absolute atomic E-state index is 0.136. The number of primary amides is 1. The lowest BCUT2D eigenvalue weighted by Gasteiger charge is -2.21. The Hall–Kier alpha value is -2.08. The Morgan fingerprint density at radius 3 is 2.24 bits per heavy atom. The predicted octanol–water partition coefficient (Wildman–Crippen LogP) is 3.77. The summed E-state index contributed by atoms with van der Waals surface area (Å²) >= 11 is 12.1.